The Morgan fingerprint density at radius 2 is 2.00 bits per heavy atom. The van der Waals surface area contributed by atoms with Gasteiger partial charge in [0.2, 0.25) is 5.91 Å². The quantitative estimate of drug-likeness (QED) is 0.840. The summed E-state index contributed by atoms with van der Waals surface area (Å²) in [5.41, 5.74) is 1.63. The number of likely N-dealkylation sites (N-methyl/N-ethyl adjacent to an activating group) is 1. The van der Waals surface area contributed by atoms with Gasteiger partial charge in [-0.2, -0.15) is 0 Å². The van der Waals surface area contributed by atoms with E-state index < -0.39 is 0 Å². The van der Waals surface area contributed by atoms with Crippen LogP contribution < -0.4 is 10.6 Å². The fourth-order valence-electron chi connectivity index (χ4n) is 2.66. The Kier molecular flexibility index (Phi) is 6.61. The topological polar surface area (TPSA) is 70.7 Å². The summed E-state index contributed by atoms with van der Waals surface area (Å²) >= 11 is 0. The van der Waals surface area contributed by atoms with Gasteiger partial charge in [0, 0.05) is 31.9 Å². The van der Waals surface area contributed by atoms with Gasteiger partial charge in [-0.15, -0.1) is 0 Å². The van der Waals surface area contributed by atoms with Crippen molar-refractivity contribution in [3.05, 3.63) is 29.8 Å². The second kappa shape index (κ2) is 8.68. The standard InChI is InChI=1S/C18H27N3O3/c1-13(2)19-17(22)11-14-6-8-15(9-7-14)20-18(23)21(3)12-16-5-4-10-24-16/h6-9,13,16H,4-5,10-12H2,1-3H3,(H,19,22)(H,20,23)/t16-/m0/s1. The maximum absolute atomic E-state index is 12.2. The molecule has 1 fully saturated rings. The van der Waals surface area contributed by atoms with Crippen molar-refractivity contribution in [1.29, 1.82) is 0 Å². The van der Waals surface area contributed by atoms with E-state index in [1.165, 1.54) is 0 Å². The van der Waals surface area contributed by atoms with Crippen molar-refractivity contribution in [2.75, 3.05) is 25.5 Å². The van der Waals surface area contributed by atoms with Crippen molar-refractivity contribution in [3.8, 4) is 0 Å². The molecule has 0 unspecified atom stereocenters. The predicted octanol–water partition coefficient (Wildman–Crippen LogP) is 2.40. The van der Waals surface area contributed by atoms with E-state index >= 15 is 0 Å². The number of rotatable bonds is 6. The van der Waals surface area contributed by atoms with Crippen LogP contribution in [0.15, 0.2) is 24.3 Å². The highest BCUT2D eigenvalue weighted by Crippen LogP contribution is 2.14. The molecule has 1 heterocycles. The average molecular weight is 333 g/mol. The monoisotopic (exact) mass is 333 g/mol. The number of nitrogens with one attached hydrogen (secondary N) is 2. The van der Waals surface area contributed by atoms with Crippen LogP contribution in [0.5, 0.6) is 0 Å². The fraction of sp³-hybridized carbons (Fsp3) is 0.556. The first kappa shape index (κ1) is 18.3. The second-order valence-electron chi connectivity index (χ2n) is 6.54. The van der Waals surface area contributed by atoms with E-state index in [0.717, 1.165) is 25.0 Å². The molecular weight excluding hydrogens is 306 g/mol. The summed E-state index contributed by atoms with van der Waals surface area (Å²) in [6.45, 7) is 5.25. The normalized spacial score (nSPS) is 16.9. The molecule has 2 N–H and O–H groups in total. The fourth-order valence-corrected chi connectivity index (χ4v) is 2.66. The van der Waals surface area contributed by atoms with Gasteiger partial charge in [-0.25, -0.2) is 4.79 Å². The molecule has 2 rings (SSSR count). The zero-order valence-corrected chi connectivity index (χ0v) is 14.7. The van der Waals surface area contributed by atoms with E-state index in [9.17, 15) is 9.59 Å². The molecule has 1 aromatic rings. The molecule has 1 saturated heterocycles. The minimum absolute atomic E-state index is 0.00178. The van der Waals surface area contributed by atoms with E-state index in [0.29, 0.717) is 18.7 Å². The van der Waals surface area contributed by atoms with Crippen molar-refractivity contribution in [3.63, 3.8) is 0 Å². The van der Waals surface area contributed by atoms with E-state index in [2.05, 4.69) is 10.6 Å². The molecule has 1 aliphatic rings. The molecule has 1 aromatic carbocycles. The first-order valence-electron chi connectivity index (χ1n) is 8.46. The Labute approximate surface area is 143 Å². The number of carbonyl (C=O) groups excluding carboxylic acids is 2. The van der Waals surface area contributed by atoms with Crippen molar-refractivity contribution in [1.82, 2.24) is 10.2 Å². The number of urea groups is 1. The summed E-state index contributed by atoms with van der Waals surface area (Å²) in [4.78, 5) is 25.6. The lowest BCUT2D eigenvalue weighted by Crippen LogP contribution is -2.37. The molecule has 6 heteroatoms. The van der Waals surface area contributed by atoms with Gasteiger partial charge >= 0.3 is 6.03 Å². The summed E-state index contributed by atoms with van der Waals surface area (Å²) < 4.78 is 5.54. The summed E-state index contributed by atoms with van der Waals surface area (Å²) in [7, 11) is 1.77. The third-order valence-electron chi connectivity index (χ3n) is 3.87. The van der Waals surface area contributed by atoms with Crippen LogP contribution in [0.3, 0.4) is 0 Å². The Balaban J connectivity index is 1.81. The van der Waals surface area contributed by atoms with Crippen LogP contribution in [0.25, 0.3) is 0 Å². The predicted molar refractivity (Wildman–Crippen MR) is 94.0 cm³/mol. The molecule has 24 heavy (non-hydrogen) atoms. The minimum Gasteiger partial charge on any atom is -0.376 e. The SMILES string of the molecule is CC(C)NC(=O)Cc1ccc(NC(=O)N(C)C[C@@H]2CCCO2)cc1. The van der Waals surface area contributed by atoms with E-state index in [4.69, 9.17) is 4.74 Å². The number of hydrogen-bond donors (Lipinski definition) is 2. The van der Waals surface area contributed by atoms with Crippen molar-refractivity contribution in [2.45, 2.75) is 45.3 Å². The Hall–Kier alpha value is -2.08. The van der Waals surface area contributed by atoms with Crippen molar-refractivity contribution >= 4 is 17.6 Å². The molecule has 0 aliphatic carbocycles. The molecule has 1 atom stereocenters. The highest BCUT2D eigenvalue weighted by atomic mass is 16.5. The third-order valence-corrected chi connectivity index (χ3v) is 3.87. The highest BCUT2D eigenvalue weighted by Gasteiger charge is 2.20. The van der Waals surface area contributed by atoms with Gasteiger partial charge in [0.25, 0.3) is 0 Å². The molecular formula is C18H27N3O3. The Morgan fingerprint density at radius 1 is 1.29 bits per heavy atom. The van der Waals surface area contributed by atoms with Crippen LogP contribution in [0.4, 0.5) is 10.5 Å². The summed E-state index contributed by atoms with van der Waals surface area (Å²) in [5.74, 6) is -0.00178. The molecule has 0 saturated carbocycles. The van der Waals surface area contributed by atoms with E-state index in [-0.39, 0.29) is 24.1 Å². The Morgan fingerprint density at radius 3 is 2.58 bits per heavy atom. The number of hydrogen-bond acceptors (Lipinski definition) is 3. The lowest BCUT2D eigenvalue weighted by atomic mass is 10.1. The molecule has 132 valence electrons. The molecule has 1 aliphatic heterocycles. The van der Waals surface area contributed by atoms with Gasteiger partial charge in [-0.05, 0) is 44.4 Å². The van der Waals surface area contributed by atoms with Crippen LogP contribution in [0.1, 0.15) is 32.3 Å². The molecule has 0 spiro atoms. The van der Waals surface area contributed by atoms with Gasteiger partial charge in [-0.3, -0.25) is 4.79 Å². The maximum atomic E-state index is 12.2. The number of nitrogens with zero attached hydrogens (tertiary/aromatic N) is 1. The number of ether oxygens (including phenoxy) is 1. The Bertz CT molecular complexity index is 551. The lowest BCUT2D eigenvalue weighted by Gasteiger charge is -2.21. The highest BCUT2D eigenvalue weighted by molar-refractivity contribution is 5.89. The van der Waals surface area contributed by atoms with Crippen LogP contribution in [-0.2, 0) is 16.0 Å². The van der Waals surface area contributed by atoms with Gasteiger partial charge in [0.15, 0.2) is 0 Å². The van der Waals surface area contributed by atoms with Gasteiger partial charge in [0.05, 0.1) is 12.5 Å². The summed E-state index contributed by atoms with van der Waals surface area (Å²) in [6, 6.07) is 7.32. The molecule has 6 nitrogen and oxygen atoms in total. The van der Waals surface area contributed by atoms with E-state index in [1.54, 1.807) is 11.9 Å². The van der Waals surface area contributed by atoms with E-state index in [1.807, 2.05) is 38.1 Å². The van der Waals surface area contributed by atoms with Crippen molar-refractivity contribution in [2.24, 2.45) is 0 Å². The summed E-state index contributed by atoms with van der Waals surface area (Å²) in [5, 5.41) is 5.72. The van der Waals surface area contributed by atoms with Gasteiger partial charge in [0.1, 0.15) is 0 Å². The molecule has 0 aromatic heterocycles. The number of carbonyl (C=O) groups is 2. The number of benzene rings is 1. The first-order valence-corrected chi connectivity index (χ1v) is 8.46. The smallest absolute Gasteiger partial charge is 0.321 e. The first-order chi connectivity index (χ1) is 11.4. The van der Waals surface area contributed by atoms with Crippen molar-refractivity contribution < 1.29 is 14.3 Å². The average Bonchev–Trinajstić information content (AvgIpc) is 3.01. The zero-order valence-electron chi connectivity index (χ0n) is 14.7. The largest absolute Gasteiger partial charge is 0.376 e. The molecule has 0 radical (unpaired) electrons. The van der Waals surface area contributed by atoms with Crippen LogP contribution >= 0.6 is 0 Å². The third kappa shape index (κ3) is 5.85. The maximum Gasteiger partial charge on any atom is 0.321 e. The van der Waals surface area contributed by atoms with Crippen LogP contribution in [0, 0.1) is 0 Å². The minimum atomic E-state index is -0.157. The molecule has 0 bridgehead atoms. The molecule has 3 amide bonds. The lowest BCUT2D eigenvalue weighted by molar-refractivity contribution is -0.120. The van der Waals surface area contributed by atoms with Crippen LogP contribution in [0.2, 0.25) is 0 Å². The summed E-state index contributed by atoms with van der Waals surface area (Å²) in [6.07, 6.45) is 2.55. The van der Waals surface area contributed by atoms with Gasteiger partial charge in [-0.1, -0.05) is 12.1 Å². The van der Waals surface area contributed by atoms with Crippen LogP contribution in [-0.4, -0.2) is 49.2 Å². The number of anilines is 1. The second-order valence-corrected chi connectivity index (χ2v) is 6.54. The van der Waals surface area contributed by atoms with Gasteiger partial charge < -0.3 is 20.3 Å². The number of amides is 3. The zero-order chi connectivity index (χ0) is 17.5.